The molecule has 0 radical (unpaired) electrons. The molecule has 2 N–H and O–H groups in total. The minimum Gasteiger partial charge on any atom is -0.331 e. The third-order valence-electron chi connectivity index (χ3n) is 3.90. The number of aromatic nitrogens is 2. The molecule has 0 spiro atoms. The Labute approximate surface area is 110 Å². The van der Waals surface area contributed by atoms with Crippen LogP contribution >= 0.6 is 0 Å². The first-order chi connectivity index (χ1) is 8.74. The van der Waals surface area contributed by atoms with Gasteiger partial charge in [0.15, 0.2) is 0 Å². The summed E-state index contributed by atoms with van der Waals surface area (Å²) in [6.07, 6.45) is 9.23. The van der Waals surface area contributed by atoms with Crippen molar-refractivity contribution in [3.8, 4) is 0 Å². The van der Waals surface area contributed by atoms with E-state index in [4.69, 9.17) is 5.73 Å². The largest absolute Gasteiger partial charge is 0.331 e. The number of nitrogens with zero attached hydrogens (tertiary/aromatic N) is 3. The highest BCUT2D eigenvalue weighted by Crippen LogP contribution is 2.25. The van der Waals surface area contributed by atoms with E-state index < -0.39 is 0 Å². The Kier molecular flexibility index (Phi) is 4.78. The van der Waals surface area contributed by atoms with E-state index in [0.717, 1.165) is 0 Å². The van der Waals surface area contributed by atoms with Crippen LogP contribution in [0.25, 0.3) is 0 Å². The van der Waals surface area contributed by atoms with Gasteiger partial charge in [-0.15, -0.1) is 0 Å². The second-order valence-corrected chi connectivity index (χ2v) is 5.52. The van der Waals surface area contributed by atoms with Crippen LogP contribution in [0.4, 0.5) is 0 Å². The van der Waals surface area contributed by atoms with Gasteiger partial charge in [-0.1, -0.05) is 12.8 Å². The zero-order valence-electron chi connectivity index (χ0n) is 11.7. The van der Waals surface area contributed by atoms with Gasteiger partial charge >= 0.3 is 0 Å². The lowest BCUT2D eigenvalue weighted by Gasteiger charge is -2.31. The van der Waals surface area contributed by atoms with Gasteiger partial charge in [-0.05, 0) is 39.8 Å². The fourth-order valence-corrected chi connectivity index (χ4v) is 2.87. The molecule has 1 fully saturated rings. The number of nitrogens with two attached hydrogens (primary N) is 1. The SMILES string of the molecule is CC(C)n1cncc1C(CN)N1CCCCCC1. The Morgan fingerprint density at radius 2 is 1.89 bits per heavy atom. The third-order valence-corrected chi connectivity index (χ3v) is 3.90. The smallest absolute Gasteiger partial charge is 0.0951 e. The van der Waals surface area contributed by atoms with Crippen molar-refractivity contribution in [1.82, 2.24) is 14.5 Å². The minimum atomic E-state index is 0.327. The second-order valence-electron chi connectivity index (χ2n) is 5.52. The minimum absolute atomic E-state index is 0.327. The van der Waals surface area contributed by atoms with Crippen LogP contribution < -0.4 is 5.73 Å². The van der Waals surface area contributed by atoms with Gasteiger partial charge in [-0.2, -0.15) is 0 Å². The highest BCUT2D eigenvalue weighted by molar-refractivity contribution is 5.08. The number of rotatable bonds is 4. The monoisotopic (exact) mass is 250 g/mol. The van der Waals surface area contributed by atoms with Crippen LogP contribution in [0.3, 0.4) is 0 Å². The summed E-state index contributed by atoms with van der Waals surface area (Å²) in [5.41, 5.74) is 7.30. The molecule has 2 rings (SSSR count). The summed E-state index contributed by atoms with van der Waals surface area (Å²) < 4.78 is 2.25. The Hall–Kier alpha value is -0.870. The molecule has 0 aliphatic carbocycles. The maximum atomic E-state index is 6.03. The zero-order valence-corrected chi connectivity index (χ0v) is 11.7. The molecular weight excluding hydrogens is 224 g/mol. The van der Waals surface area contributed by atoms with Gasteiger partial charge in [0.2, 0.25) is 0 Å². The van der Waals surface area contributed by atoms with E-state index >= 15 is 0 Å². The predicted molar refractivity (Wildman–Crippen MR) is 74.4 cm³/mol. The Bertz CT molecular complexity index is 350. The zero-order chi connectivity index (χ0) is 13.0. The Balaban J connectivity index is 2.18. The molecule has 0 saturated carbocycles. The van der Waals surface area contributed by atoms with Crippen molar-refractivity contribution in [2.45, 2.75) is 51.6 Å². The molecule has 0 aromatic carbocycles. The van der Waals surface area contributed by atoms with Crippen molar-refractivity contribution in [2.75, 3.05) is 19.6 Å². The van der Waals surface area contributed by atoms with E-state index in [0.29, 0.717) is 18.6 Å². The van der Waals surface area contributed by atoms with Crippen molar-refractivity contribution < 1.29 is 0 Å². The fourth-order valence-electron chi connectivity index (χ4n) is 2.87. The van der Waals surface area contributed by atoms with Gasteiger partial charge < -0.3 is 10.3 Å². The van der Waals surface area contributed by atoms with Crippen LogP contribution in [0.5, 0.6) is 0 Å². The summed E-state index contributed by atoms with van der Waals surface area (Å²) in [6.45, 7) is 7.41. The molecule has 2 heterocycles. The molecule has 102 valence electrons. The van der Waals surface area contributed by atoms with Gasteiger partial charge in [-0.3, -0.25) is 4.90 Å². The summed E-state index contributed by atoms with van der Waals surface area (Å²) in [5.74, 6) is 0. The van der Waals surface area contributed by atoms with Crippen LogP contribution in [0, 0.1) is 0 Å². The number of hydrogen-bond acceptors (Lipinski definition) is 3. The Morgan fingerprint density at radius 1 is 1.22 bits per heavy atom. The van der Waals surface area contributed by atoms with Crippen molar-refractivity contribution >= 4 is 0 Å². The van der Waals surface area contributed by atoms with Crippen LogP contribution in [0.2, 0.25) is 0 Å². The van der Waals surface area contributed by atoms with Gasteiger partial charge in [0.1, 0.15) is 0 Å². The molecule has 1 aromatic heterocycles. The first kappa shape index (κ1) is 13.6. The highest BCUT2D eigenvalue weighted by atomic mass is 15.2. The van der Waals surface area contributed by atoms with Crippen molar-refractivity contribution in [2.24, 2.45) is 5.73 Å². The quantitative estimate of drug-likeness (QED) is 0.892. The van der Waals surface area contributed by atoms with Crippen molar-refractivity contribution in [3.63, 3.8) is 0 Å². The van der Waals surface area contributed by atoms with E-state index in [1.807, 2.05) is 12.5 Å². The normalized spacial score (nSPS) is 20.0. The molecule has 1 aliphatic rings. The number of likely N-dealkylation sites (tertiary alicyclic amines) is 1. The highest BCUT2D eigenvalue weighted by Gasteiger charge is 2.23. The average molecular weight is 250 g/mol. The lowest BCUT2D eigenvalue weighted by atomic mass is 10.1. The third kappa shape index (κ3) is 2.93. The van der Waals surface area contributed by atoms with Crippen molar-refractivity contribution in [3.05, 3.63) is 18.2 Å². The standard InChI is InChI=1S/C14H26N4/c1-12(2)18-11-16-10-14(18)13(9-15)17-7-5-3-4-6-8-17/h10-13H,3-9,15H2,1-2H3. The first-order valence-corrected chi connectivity index (χ1v) is 7.20. The van der Waals surface area contributed by atoms with E-state index in [1.54, 1.807) is 0 Å². The predicted octanol–water partition coefficient (Wildman–Crippen LogP) is 2.34. The molecule has 18 heavy (non-hydrogen) atoms. The summed E-state index contributed by atoms with van der Waals surface area (Å²) in [6, 6.07) is 0.775. The Morgan fingerprint density at radius 3 is 2.44 bits per heavy atom. The molecule has 1 unspecified atom stereocenters. The summed E-state index contributed by atoms with van der Waals surface area (Å²) in [7, 11) is 0. The summed E-state index contributed by atoms with van der Waals surface area (Å²) >= 11 is 0. The van der Waals surface area contributed by atoms with Crippen LogP contribution in [-0.4, -0.2) is 34.1 Å². The van der Waals surface area contributed by atoms with Crippen LogP contribution in [0.15, 0.2) is 12.5 Å². The lowest BCUT2D eigenvalue weighted by Crippen LogP contribution is -2.36. The van der Waals surface area contributed by atoms with Crippen LogP contribution in [-0.2, 0) is 0 Å². The van der Waals surface area contributed by atoms with Gasteiger partial charge in [0, 0.05) is 18.8 Å². The molecule has 1 aromatic rings. The molecule has 1 saturated heterocycles. The van der Waals surface area contributed by atoms with Crippen LogP contribution in [0.1, 0.15) is 57.3 Å². The topological polar surface area (TPSA) is 47.1 Å². The van der Waals surface area contributed by atoms with E-state index in [1.165, 1.54) is 44.5 Å². The van der Waals surface area contributed by atoms with E-state index in [-0.39, 0.29) is 0 Å². The molecule has 4 heteroatoms. The first-order valence-electron chi connectivity index (χ1n) is 7.20. The number of imidazole rings is 1. The fraction of sp³-hybridized carbons (Fsp3) is 0.786. The maximum absolute atomic E-state index is 6.03. The molecule has 4 nitrogen and oxygen atoms in total. The summed E-state index contributed by atoms with van der Waals surface area (Å²) in [4.78, 5) is 6.86. The molecule has 0 amide bonds. The molecule has 0 bridgehead atoms. The van der Waals surface area contributed by atoms with Gasteiger partial charge in [0.25, 0.3) is 0 Å². The van der Waals surface area contributed by atoms with Gasteiger partial charge in [0.05, 0.1) is 18.1 Å². The maximum Gasteiger partial charge on any atom is 0.0951 e. The van der Waals surface area contributed by atoms with E-state index in [2.05, 4.69) is 28.3 Å². The number of hydrogen-bond donors (Lipinski definition) is 1. The average Bonchev–Trinajstić information content (AvgIpc) is 2.67. The lowest BCUT2D eigenvalue weighted by molar-refractivity contribution is 0.200. The molecule has 1 aliphatic heterocycles. The molecule has 1 atom stereocenters. The van der Waals surface area contributed by atoms with E-state index in [9.17, 15) is 0 Å². The van der Waals surface area contributed by atoms with Crippen molar-refractivity contribution in [1.29, 1.82) is 0 Å². The summed E-state index contributed by atoms with van der Waals surface area (Å²) in [5, 5.41) is 0. The second kappa shape index (κ2) is 6.34. The van der Waals surface area contributed by atoms with Gasteiger partial charge in [-0.25, -0.2) is 4.98 Å². The molecular formula is C14H26N4.